The summed E-state index contributed by atoms with van der Waals surface area (Å²) in [5, 5.41) is 4.38. The predicted octanol–water partition coefficient (Wildman–Crippen LogP) is 4.05. The molecule has 2 aromatic rings. The van der Waals surface area contributed by atoms with Crippen LogP contribution in [0.5, 0.6) is 0 Å². The number of carbonyl (C=O) groups excluding carboxylic acids is 2. The maximum absolute atomic E-state index is 12.6. The van der Waals surface area contributed by atoms with Crippen molar-refractivity contribution in [2.75, 3.05) is 17.7 Å². The molecule has 0 aliphatic heterocycles. The summed E-state index contributed by atoms with van der Waals surface area (Å²) in [5.41, 5.74) is -0.493. The second-order valence-corrected chi connectivity index (χ2v) is 7.20. The topological polar surface area (TPSA) is 81.2 Å². The molecule has 0 aromatic carbocycles. The Morgan fingerprint density at radius 2 is 2.15 bits per heavy atom. The Hall–Kier alpha value is -1.85. The zero-order chi connectivity index (χ0) is 20.0. The molecule has 27 heavy (non-hydrogen) atoms. The first-order chi connectivity index (χ1) is 12.7. The van der Waals surface area contributed by atoms with Gasteiger partial charge in [-0.05, 0) is 13.0 Å². The molecule has 1 N–H and O–H groups in total. The maximum atomic E-state index is 12.6. The van der Waals surface area contributed by atoms with Crippen LogP contribution in [0.4, 0.5) is 18.3 Å². The van der Waals surface area contributed by atoms with Gasteiger partial charge in [-0.1, -0.05) is 23.4 Å². The van der Waals surface area contributed by atoms with Crippen molar-refractivity contribution in [2.45, 2.75) is 24.5 Å². The molecule has 0 aliphatic carbocycles. The average Bonchev–Trinajstić information content (AvgIpc) is 2.99. The van der Waals surface area contributed by atoms with Crippen LogP contribution < -0.4 is 5.32 Å². The second kappa shape index (κ2) is 9.38. The standard InChI is InChI=1S/C15H13ClF3N3O3S2/c1-2-25-12(24)4-9-6-27-14(21-9)22-11(23)7-26-13-10(16)3-8(5-20-13)15(17,18)19/h3,5-6H,2,4,7H2,1H3,(H,21,22,23). The lowest BCUT2D eigenvalue weighted by molar-refractivity contribution is -0.142. The molecule has 0 radical (unpaired) electrons. The number of carbonyl (C=O) groups is 2. The molecule has 2 heterocycles. The quantitative estimate of drug-likeness (QED) is 0.518. The molecule has 0 spiro atoms. The van der Waals surface area contributed by atoms with E-state index in [4.69, 9.17) is 16.3 Å². The molecule has 1 amide bonds. The highest BCUT2D eigenvalue weighted by Gasteiger charge is 2.31. The van der Waals surface area contributed by atoms with Crippen molar-refractivity contribution in [1.82, 2.24) is 9.97 Å². The number of aromatic nitrogens is 2. The third kappa shape index (κ3) is 6.67. The van der Waals surface area contributed by atoms with Gasteiger partial charge in [0.25, 0.3) is 0 Å². The van der Waals surface area contributed by atoms with Crippen LogP contribution in [0.15, 0.2) is 22.7 Å². The van der Waals surface area contributed by atoms with Crippen LogP contribution in [-0.4, -0.2) is 34.2 Å². The van der Waals surface area contributed by atoms with Gasteiger partial charge in [0.05, 0.1) is 35.1 Å². The summed E-state index contributed by atoms with van der Waals surface area (Å²) in [4.78, 5) is 31.1. The first-order valence-electron chi connectivity index (χ1n) is 7.44. The molecule has 0 bridgehead atoms. The van der Waals surface area contributed by atoms with Gasteiger partial charge >= 0.3 is 12.1 Å². The Balaban J connectivity index is 1.88. The van der Waals surface area contributed by atoms with Gasteiger partial charge in [0.2, 0.25) is 5.91 Å². The van der Waals surface area contributed by atoms with Crippen LogP contribution in [0, 0.1) is 0 Å². The lowest BCUT2D eigenvalue weighted by Gasteiger charge is -2.08. The van der Waals surface area contributed by atoms with Crippen molar-refractivity contribution in [1.29, 1.82) is 0 Å². The predicted molar refractivity (Wildman–Crippen MR) is 96.1 cm³/mol. The first-order valence-corrected chi connectivity index (χ1v) is 9.68. The SMILES string of the molecule is CCOC(=O)Cc1csc(NC(=O)CSc2ncc(C(F)(F)F)cc2Cl)n1. The average molecular weight is 440 g/mol. The zero-order valence-electron chi connectivity index (χ0n) is 13.8. The van der Waals surface area contributed by atoms with Crippen molar-refractivity contribution >= 4 is 51.7 Å². The lowest BCUT2D eigenvalue weighted by Crippen LogP contribution is -2.14. The van der Waals surface area contributed by atoms with Crippen LogP contribution in [0.1, 0.15) is 18.2 Å². The van der Waals surface area contributed by atoms with Gasteiger partial charge in [0.15, 0.2) is 5.13 Å². The van der Waals surface area contributed by atoms with Gasteiger partial charge < -0.3 is 10.1 Å². The number of alkyl halides is 3. The van der Waals surface area contributed by atoms with Crippen LogP contribution in [0.25, 0.3) is 0 Å². The minimum atomic E-state index is -4.54. The van der Waals surface area contributed by atoms with Crippen LogP contribution >= 0.6 is 34.7 Å². The second-order valence-electron chi connectivity index (χ2n) is 4.97. The number of rotatable bonds is 7. The van der Waals surface area contributed by atoms with Crippen LogP contribution in [0.2, 0.25) is 5.02 Å². The van der Waals surface area contributed by atoms with E-state index in [1.54, 1.807) is 12.3 Å². The molecule has 0 saturated heterocycles. The first kappa shape index (κ1) is 21.5. The van der Waals surface area contributed by atoms with E-state index in [9.17, 15) is 22.8 Å². The summed E-state index contributed by atoms with van der Waals surface area (Å²) in [6.45, 7) is 1.96. The lowest BCUT2D eigenvalue weighted by atomic mass is 10.3. The van der Waals surface area contributed by atoms with E-state index in [2.05, 4.69) is 15.3 Å². The highest BCUT2D eigenvalue weighted by atomic mass is 35.5. The third-order valence-corrected chi connectivity index (χ3v) is 5.12. The summed E-state index contributed by atoms with van der Waals surface area (Å²) in [6.07, 6.45) is -3.88. The summed E-state index contributed by atoms with van der Waals surface area (Å²) in [7, 11) is 0. The summed E-state index contributed by atoms with van der Waals surface area (Å²) < 4.78 is 42.5. The number of esters is 1. The van der Waals surface area contributed by atoms with E-state index >= 15 is 0 Å². The molecule has 0 saturated carbocycles. The van der Waals surface area contributed by atoms with Crippen molar-refractivity contribution in [3.8, 4) is 0 Å². The summed E-state index contributed by atoms with van der Waals surface area (Å²) >= 11 is 7.83. The normalized spacial score (nSPS) is 11.3. The van der Waals surface area contributed by atoms with Crippen molar-refractivity contribution in [2.24, 2.45) is 0 Å². The van der Waals surface area contributed by atoms with Gasteiger partial charge in [0, 0.05) is 11.6 Å². The molecule has 2 aromatic heterocycles. The van der Waals surface area contributed by atoms with Crippen molar-refractivity contribution in [3.05, 3.63) is 33.9 Å². The minimum absolute atomic E-state index is 0.0000422. The van der Waals surface area contributed by atoms with E-state index in [0.717, 1.165) is 29.2 Å². The Morgan fingerprint density at radius 1 is 1.41 bits per heavy atom. The number of nitrogens with zero attached hydrogens (tertiary/aromatic N) is 2. The number of hydrogen-bond acceptors (Lipinski definition) is 7. The van der Waals surface area contributed by atoms with Crippen LogP contribution in [-0.2, 0) is 26.9 Å². The number of hydrogen-bond donors (Lipinski definition) is 1. The molecular weight excluding hydrogens is 427 g/mol. The number of amides is 1. The van der Waals surface area contributed by atoms with Gasteiger partial charge in [-0.2, -0.15) is 13.2 Å². The van der Waals surface area contributed by atoms with Gasteiger partial charge in [0.1, 0.15) is 5.03 Å². The summed E-state index contributed by atoms with van der Waals surface area (Å²) in [5.74, 6) is -0.973. The smallest absolute Gasteiger partial charge is 0.417 e. The van der Waals surface area contributed by atoms with Gasteiger partial charge in [-0.3, -0.25) is 9.59 Å². The molecule has 6 nitrogen and oxygen atoms in total. The fraction of sp³-hybridized carbons (Fsp3) is 0.333. The molecule has 2 rings (SSSR count). The summed E-state index contributed by atoms with van der Waals surface area (Å²) in [6, 6.07) is 0.761. The number of thioether (sulfide) groups is 1. The van der Waals surface area contributed by atoms with E-state index < -0.39 is 23.6 Å². The largest absolute Gasteiger partial charge is 0.466 e. The zero-order valence-corrected chi connectivity index (χ0v) is 16.2. The van der Waals surface area contributed by atoms with Crippen LogP contribution in [0.3, 0.4) is 0 Å². The fourth-order valence-corrected chi connectivity index (χ4v) is 3.50. The number of pyridine rings is 1. The van der Waals surface area contributed by atoms with E-state index in [1.165, 1.54) is 0 Å². The number of thiazole rings is 1. The van der Waals surface area contributed by atoms with Gasteiger partial charge in [-0.25, -0.2) is 9.97 Å². The maximum Gasteiger partial charge on any atom is 0.417 e. The van der Waals surface area contributed by atoms with Gasteiger partial charge in [-0.15, -0.1) is 11.3 Å². The Kier molecular flexibility index (Phi) is 7.45. The molecule has 0 atom stereocenters. The molecule has 146 valence electrons. The molecule has 0 fully saturated rings. The fourth-order valence-electron chi connectivity index (χ4n) is 1.78. The number of ether oxygens (including phenoxy) is 1. The number of nitrogens with one attached hydrogen (secondary N) is 1. The van der Waals surface area contributed by atoms with Crippen molar-refractivity contribution < 1.29 is 27.5 Å². The molecule has 0 unspecified atom stereocenters. The molecule has 12 heteroatoms. The Labute approximate surface area is 165 Å². The highest BCUT2D eigenvalue weighted by molar-refractivity contribution is 8.00. The Morgan fingerprint density at radius 3 is 2.78 bits per heavy atom. The van der Waals surface area contributed by atoms with E-state index in [0.29, 0.717) is 17.0 Å². The molecular formula is C15H13ClF3N3O3S2. The third-order valence-electron chi connectivity index (χ3n) is 2.90. The van der Waals surface area contributed by atoms with E-state index in [-0.39, 0.29) is 28.8 Å². The molecule has 0 aliphatic rings. The van der Waals surface area contributed by atoms with Crippen molar-refractivity contribution in [3.63, 3.8) is 0 Å². The Bertz CT molecular complexity index is 830. The monoisotopic (exact) mass is 439 g/mol. The highest BCUT2D eigenvalue weighted by Crippen LogP contribution is 2.33. The number of halogens is 4. The number of anilines is 1. The van der Waals surface area contributed by atoms with E-state index in [1.807, 2.05) is 0 Å². The minimum Gasteiger partial charge on any atom is -0.466 e.